The molecule has 9 heteroatoms. The summed E-state index contributed by atoms with van der Waals surface area (Å²) >= 11 is -1.08. The highest BCUT2D eigenvalue weighted by Crippen LogP contribution is 2.34. The van der Waals surface area contributed by atoms with Crippen LogP contribution in [0.5, 0.6) is 0 Å². The van der Waals surface area contributed by atoms with Gasteiger partial charge in [0.15, 0.2) is 0 Å². The van der Waals surface area contributed by atoms with Crippen LogP contribution in [-0.4, -0.2) is 43.7 Å². The molecule has 0 amide bonds. The van der Waals surface area contributed by atoms with Gasteiger partial charge in [0.1, 0.15) is 10.6 Å². The minimum Gasteiger partial charge on any atom is -0.598 e. The standard InChI is InChI=1S/C28H39N5O3S/c1-19(2)36-27(34)23-15-16-29-18-25(23)30-26-17-24(20-9-7-6-8-10-20)31-33(26)22-13-11-21(12-14-22)32-37(35)28(3,4)5/h6-10,15-17,19,21-22,29-30,32H,11-14,18H2,1-5H3. The highest BCUT2D eigenvalue weighted by atomic mass is 32.2. The van der Waals surface area contributed by atoms with Crippen molar-refractivity contribution in [3.05, 3.63) is 59.9 Å². The van der Waals surface area contributed by atoms with Crippen LogP contribution in [0.2, 0.25) is 0 Å². The summed E-state index contributed by atoms with van der Waals surface area (Å²) in [5, 5.41) is 11.7. The fourth-order valence-electron chi connectivity index (χ4n) is 4.52. The lowest BCUT2D eigenvalue weighted by molar-refractivity contribution is -0.142. The molecular formula is C28H39N5O3S. The third kappa shape index (κ3) is 6.97. The van der Waals surface area contributed by atoms with Crippen LogP contribution in [-0.2, 0) is 20.9 Å². The van der Waals surface area contributed by atoms with Crippen molar-refractivity contribution in [1.29, 1.82) is 0 Å². The van der Waals surface area contributed by atoms with Gasteiger partial charge in [-0.2, -0.15) is 5.10 Å². The first-order chi connectivity index (χ1) is 17.6. The number of ether oxygens (including phenoxy) is 1. The van der Waals surface area contributed by atoms with Gasteiger partial charge in [0.25, 0.3) is 0 Å². The van der Waals surface area contributed by atoms with Crippen molar-refractivity contribution in [2.75, 3.05) is 11.9 Å². The number of nitrogens with zero attached hydrogens (tertiary/aromatic N) is 2. The fraction of sp³-hybridized carbons (Fsp3) is 0.500. The monoisotopic (exact) mass is 525 g/mol. The number of hydrogen-bond acceptors (Lipinski definition) is 7. The molecule has 0 radical (unpaired) electrons. The summed E-state index contributed by atoms with van der Waals surface area (Å²) in [6, 6.07) is 12.6. The van der Waals surface area contributed by atoms with Crippen LogP contribution in [0.1, 0.15) is 66.3 Å². The minimum absolute atomic E-state index is 0.194. The summed E-state index contributed by atoms with van der Waals surface area (Å²) in [5.74, 6) is 0.499. The van der Waals surface area contributed by atoms with Crippen LogP contribution in [0.3, 0.4) is 0 Å². The van der Waals surface area contributed by atoms with E-state index in [9.17, 15) is 9.35 Å². The number of rotatable bonds is 8. The maximum atomic E-state index is 12.8. The molecule has 4 rings (SSSR count). The predicted octanol–water partition coefficient (Wildman–Crippen LogP) is 4.82. The first kappa shape index (κ1) is 27.3. The zero-order chi connectivity index (χ0) is 26.6. The number of nitrogens with one attached hydrogen (secondary N) is 3. The second kappa shape index (κ2) is 11.8. The van der Waals surface area contributed by atoms with Crippen LogP contribution in [0.15, 0.2) is 59.9 Å². The lowest BCUT2D eigenvalue weighted by atomic mass is 9.92. The molecule has 1 aliphatic heterocycles. The Balaban J connectivity index is 1.59. The van der Waals surface area contributed by atoms with E-state index < -0.39 is 11.4 Å². The van der Waals surface area contributed by atoms with E-state index in [4.69, 9.17) is 9.84 Å². The van der Waals surface area contributed by atoms with E-state index >= 15 is 0 Å². The fourth-order valence-corrected chi connectivity index (χ4v) is 5.41. The topological polar surface area (TPSA) is 103 Å². The molecule has 1 atom stereocenters. The van der Waals surface area contributed by atoms with E-state index in [2.05, 4.69) is 32.2 Å². The molecular weight excluding hydrogens is 486 g/mol. The van der Waals surface area contributed by atoms with E-state index in [0.717, 1.165) is 48.5 Å². The first-order valence-corrected chi connectivity index (χ1v) is 14.2. The Morgan fingerprint density at radius 2 is 1.89 bits per heavy atom. The van der Waals surface area contributed by atoms with Crippen LogP contribution in [0, 0.1) is 0 Å². The lowest BCUT2D eigenvalue weighted by Gasteiger charge is -2.33. The molecule has 37 heavy (non-hydrogen) atoms. The largest absolute Gasteiger partial charge is 0.598 e. The maximum absolute atomic E-state index is 12.8. The Bertz CT molecular complexity index is 1130. The van der Waals surface area contributed by atoms with Gasteiger partial charge in [-0.3, -0.25) is 0 Å². The van der Waals surface area contributed by atoms with Crippen molar-refractivity contribution in [3.63, 3.8) is 0 Å². The molecule has 2 heterocycles. The Labute approximate surface area is 223 Å². The number of anilines is 1. The molecule has 1 saturated carbocycles. The van der Waals surface area contributed by atoms with Gasteiger partial charge in [-0.05, 0) is 72.6 Å². The summed E-state index contributed by atoms with van der Waals surface area (Å²) in [4.78, 5) is 12.8. The molecule has 1 fully saturated rings. The van der Waals surface area contributed by atoms with E-state index in [1.54, 1.807) is 12.3 Å². The van der Waals surface area contributed by atoms with Crippen LogP contribution < -0.4 is 15.4 Å². The van der Waals surface area contributed by atoms with Gasteiger partial charge in [-0.15, -0.1) is 4.72 Å². The van der Waals surface area contributed by atoms with E-state index in [0.29, 0.717) is 12.1 Å². The van der Waals surface area contributed by atoms with Gasteiger partial charge in [0.05, 0.1) is 41.7 Å². The van der Waals surface area contributed by atoms with Crippen molar-refractivity contribution < 1.29 is 14.1 Å². The number of carbonyl (C=O) groups is 1. The number of esters is 1. The molecule has 2 aliphatic rings. The highest BCUT2D eigenvalue weighted by molar-refractivity contribution is 7.90. The zero-order valence-electron chi connectivity index (χ0n) is 22.4. The summed E-state index contributed by atoms with van der Waals surface area (Å²) in [5.41, 5.74) is 3.18. The number of benzene rings is 1. The van der Waals surface area contributed by atoms with Gasteiger partial charge < -0.3 is 19.9 Å². The quantitative estimate of drug-likeness (QED) is 0.335. The molecule has 0 saturated heterocycles. The molecule has 0 bridgehead atoms. The summed E-state index contributed by atoms with van der Waals surface area (Å²) in [6.07, 6.45) is 7.01. The van der Waals surface area contributed by atoms with Crippen molar-refractivity contribution >= 4 is 23.1 Å². The van der Waals surface area contributed by atoms with Crippen molar-refractivity contribution in [2.24, 2.45) is 0 Å². The average Bonchev–Trinajstić information content (AvgIpc) is 3.28. The lowest BCUT2D eigenvalue weighted by Crippen LogP contribution is -2.46. The van der Waals surface area contributed by atoms with Gasteiger partial charge in [0, 0.05) is 23.0 Å². The molecule has 8 nitrogen and oxygen atoms in total. The number of aromatic nitrogens is 2. The molecule has 1 aliphatic carbocycles. The maximum Gasteiger partial charge on any atom is 0.340 e. The molecule has 0 spiro atoms. The first-order valence-electron chi connectivity index (χ1n) is 13.1. The molecule has 1 aromatic heterocycles. The van der Waals surface area contributed by atoms with Gasteiger partial charge in [-0.25, -0.2) is 9.48 Å². The molecule has 1 aromatic carbocycles. The Morgan fingerprint density at radius 1 is 1.19 bits per heavy atom. The Hall–Kier alpha value is -2.75. The van der Waals surface area contributed by atoms with Crippen molar-refractivity contribution in [1.82, 2.24) is 19.8 Å². The van der Waals surface area contributed by atoms with E-state index in [-0.39, 0.29) is 28.9 Å². The van der Waals surface area contributed by atoms with E-state index in [1.165, 1.54) is 0 Å². The zero-order valence-corrected chi connectivity index (χ0v) is 23.2. The minimum atomic E-state index is -1.08. The van der Waals surface area contributed by atoms with Gasteiger partial charge in [-0.1, -0.05) is 30.3 Å². The summed E-state index contributed by atoms with van der Waals surface area (Å²) in [7, 11) is 0. The summed E-state index contributed by atoms with van der Waals surface area (Å²) in [6.45, 7) is 10.1. The van der Waals surface area contributed by atoms with Gasteiger partial charge in [0.2, 0.25) is 0 Å². The number of dihydropyridines is 1. The molecule has 200 valence electrons. The third-order valence-electron chi connectivity index (χ3n) is 6.49. The number of carbonyl (C=O) groups excluding carboxylic acids is 1. The van der Waals surface area contributed by atoms with Crippen molar-refractivity contribution in [2.45, 2.75) is 83.2 Å². The third-order valence-corrected chi connectivity index (χ3v) is 8.15. The molecule has 2 aromatic rings. The van der Waals surface area contributed by atoms with Crippen molar-refractivity contribution in [3.8, 4) is 11.3 Å². The second-order valence-electron chi connectivity index (χ2n) is 10.9. The van der Waals surface area contributed by atoms with Crippen LogP contribution in [0.25, 0.3) is 11.3 Å². The second-order valence-corrected chi connectivity index (χ2v) is 12.9. The predicted molar refractivity (Wildman–Crippen MR) is 149 cm³/mol. The highest BCUT2D eigenvalue weighted by Gasteiger charge is 2.32. The van der Waals surface area contributed by atoms with Crippen LogP contribution in [0.4, 0.5) is 5.82 Å². The summed E-state index contributed by atoms with van der Waals surface area (Å²) < 4.78 is 23.2. The number of hydrogen-bond donors (Lipinski definition) is 3. The molecule has 1 unspecified atom stereocenters. The normalized spacial score (nSPS) is 21.1. The van der Waals surface area contributed by atoms with Gasteiger partial charge >= 0.3 is 5.97 Å². The molecule has 3 N–H and O–H groups in total. The Morgan fingerprint density at radius 3 is 2.54 bits per heavy atom. The SMILES string of the molecule is CC(C)OC(=O)C1=C(Nc2cc(-c3ccccc3)nn2C2CCC(N[S+]([O-])C(C)(C)C)CC2)CNC=C1. The smallest absolute Gasteiger partial charge is 0.340 e. The average molecular weight is 526 g/mol. The Kier molecular flexibility index (Phi) is 8.67. The van der Waals surface area contributed by atoms with E-state index in [1.807, 2.05) is 58.9 Å². The van der Waals surface area contributed by atoms with Crippen LogP contribution >= 0.6 is 0 Å².